The van der Waals surface area contributed by atoms with Gasteiger partial charge in [0.2, 0.25) is 11.8 Å². The number of likely N-dealkylation sites (tertiary alicyclic amines) is 1. The number of benzene rings is 1. The average molecular weight is 432 g/mol. The molecule has 0 aliphatic carbocycles. The lowest BCUT2D eigenvalue weighted by molar-refractivity contribution is -0.137. The quantitative estimate of drug-likeness (QED) is 0.780. The molecule has 31 heavy (non-hydrogen) atoms. The molecule has 164 valence electrons. The van der Waals surface area contributed by atoms with Crippen molar-refractivity contribution in [2.45, 2.75) is 43.9 Å². The van der Waals surface area contributed by atoms with E-state index in [9.17, 15) is 22.8 Å². The van der Waals surface area contributed by atoms with Gasteiger partial charge in [-0.1, -0.05) is 0 Å². The second kappa shape index (κ2) is 7.33. The fourth-order valence-corrected chi connectivity index (χ4v) is 4.59. The van der Waals surface area contributed by atoms with Crippen LogP contribution in [0.1, 0.15) is 52.6 Å². The highest BCUT2D eigenvalue weighted by Crippen LogP contribution is 2.40. The van der Waals surface area contributed by atoms with Crippen LogP contribution in [0.5, 0.6) is 0 Å². The number of hydrogen-bond acceptors (Lipinski definition) is 4. The Bertz CT molecular complexity index is 1070. The van der Waals surface area contributed by atoms with Crippen molar-refractivity contribution < 1.29 is 22.8 Å². The number of likely N-dealkylation sites (N-methyl/N-ethyl adjacent to an activating group) is 1. The fourth-order valence-electron chi connectivity index (χ4n) is 4.59. The number of aryl methyl sites for hydroxylation is 1. The molecule has 4 rings (SSSR count). The third-order valence-corrected chi connectivity index (χ3v) is 6.19. The minimum Gasteiger partial charge on any atom is -0.366 e. The lowest BCUT2D eigenvalue weighted by Gasteiger charge is -2.23. The molecule has 1 spiro atoms. The van der Waals surface area contributed by atoms with Crippen molar-refractivity contribution >= 4 is 11.8 Å². The number of alkyl halides is 3. The van der Waals surface area contributed by atoms with E-state index >= 15 is 0 Å². The van der Waals surface area contributed by atoms with E-state index in [0.717, 1.165) is 18.2 Å². The van der Waals surface area contributed by atoms with Gasteiger partial charge in [0.15, 0.2) is 0 Å². The van der Waals surface area contributed by atoms with E-state index in [1.54, 1.807) is 31.0 Å². The van der Waals surface area contributed by atoms with E-state index in [1.807, 2.05) is 0 Å². The Labute approximate surface area is 177 Å². The first-order chi connectivity index (χ1) is 14.5. The number of rotatable bonds is 3. The topological polar surface area (TPSA) is 88.3 Å². The van der Waals surface area contributed by atoms with Gasteiger partial charge in [-0.15, -0.1) is 0 Å². The standard InChI is InChI=1S/C22H23F3N4O2/c1-12-9-13(16-11-14(22(23,24)25)3-4-15(16)19(26)30)10-18(27-12)17-5-6-21(28-17)7-8-29(2)20(21)31/h3-4,9-11,17,28H,5-8H2,1-2H3,(H2,26,30)/t17-,21+/m0/s1. The zero-order valence-electron chi connectivity index (χ0n) is 17.2. The normalized spacial score (nSPS) is 23.7. The molecule has 3 heterocycles. The van der Waals surface area contributed by atoms with E-state index in [4.69, 9.17) is 5.73 Å². The molecule has 9 heteroatoms. The summed E-state index contributed by atoms with van der Waals surface area (Å²) in [4.78, 5) is 30.7. The largest absolute Gasteiger partial charge is 0.416 e. The Kier molecular flexibility index (Phi) is 5.04. The molecule has 2 aromatic rings. The minimum absolute atomic E-state index is 0.00740. The van der Waals surface area contributed by atoms with Gasteiger partial charge in [0.25, 0.3) is 0 Å². The number of carbonyl (C=O) groups is 2. The first-order valence-corrected chi connectivity index (χ1v) is 10.0. The number of primary amides is 1. The summed E-state index contributed by atoms with van der Waals surface area (Å²) in [6.45, 7) is 2.42. The highest BCUT2D eigenvalue weighted by Gasteiger charge is 2.50. The van der Waals surface area contributed by atoms with Gasteiger partial charge in [-0.2, -0.15) is 13.2 Å². The molecule has 1 aromatic heterocycles. The molecule has 2 amide bonds. The summed E-state index contributed by atoms with van der Waals surface area (Å²) in [6.07, 6.45) is -2.50. The Morgan fingerprint density at radius 3 is 2.61 bits per heavy atom. The zero-order valence-corrected chi connectivity index (χ0v) is 17.2. The predicted molar refractivity (Wildman–Crippen MR) is 108 cm³/mol. The van der Waals surface area contributed by atoms with Crippen molar-refractivity contribution in [1.82, 2.24) is 15.2 Å². The smallest absolute Gasteiger partial charge is 0.366 e. The van der Waals surface area contributed by atoms with Crippen LogP contribution in [0.3, 0.4) is 0 Å². The second-order valence-electron chi connectivity index (χ2n) is 8.34. The van der Waals surface area contributed by atoms with Gasteiger partial charge in [0.05, 0.1) is 17.3 Å². The molecule has 3 N–H and O–H groups in total. The van der Waals surface area contributed by atoms with Crippen molar-refractivity contribution in [1.29, 1.82) is 0 Å². The van der Waals surface area contributed by atoms with Crippen LogP contribution < -0.4 is 11.1 Å². The van der Waals surface area contributed by atoms with Gasteiger partial charge < -0.3 is 10.6 Å². The van der Waals surface area contributed by atoms with Gasteiger partial charge in [0.1, 0.15) is 5.54 Å². The summed E-state index contributed by atoms with van der Waals surface area (Å²) in [7, 11) is 1.77. The molecule has 0 radical (unpaired) electrons. The van der Waals surface area contributed by atoms with Crippen molar-refractivity contribution in [2.24, 2.45) is 5.73 Å². The van der Waals surface area contributed by atoms with E-state index < -0.39 is 23.2 Å². The van der Waals surface area contributed by atoms with Gasteiger partial charge >= 0.3 is 6.18 Å². The highest BCUT2D eigenvalue weighted by molar-refractivity contribution is 6.00. The van der Waals surface area contributed by atoms with Crippen molar-refractivity contribution in [2.75, 3.05) is 13.6 Å². The highest BCUT2D eigenvalue weighted by atomic mass is 19.4. The van der Waals surface area contributed by atoms with E-state index in [1.165, 1.54) is 0 Å². The molecular formula is C22H23F3N4O2. The lowest BCUT2D eigenvalue weighted by atomic mass is 9.95. The number of carbonyl (C=O) groups excluding carboxylic acids is 2. The lowest BCUT2D eigenvalue weighted by Crippen LogP contribution is -2.47. The number of pyridine rings is 1. The van der Waals surface area contributed by atoms with Gasteiger partial charge in [0, 0.05) is 24.8 Å². The third kappa shape index (κ3) is 3.78. The van der Waals surface area contributed by atoms with E-state index in [2.05, 4.69) is 10.3 Å². The van der Waals surface area contributed by atoms with E-state index in [-0.39, 0.29) is 23.1 Å². The SMILES string of the molecule is Cc1cc(-c2cc(C(F)(F)F)ccc2C(N)=O)cc([C@@H]2CC[C@]3(CCN(C)C3=O)N2)n1. The van der Waals surface area contributed by atoms with Crippen LogP contribution in [0.4, 0.5) is 13.2 Å². The zero-order chi connectivity index (χ0) is 22.6. The first kappa shape index (κ1) is 21.3. The molecule has 1 aromatic carbocycles. The summed E-state index contributed by atoms with van der Waals surface area (Å²) in [5.41, 5.74) is 5.72. The van der Waals surface area contributed by atoms with Crippen LogP contribution in [0, 0.1) is 6.92 Å². The Balaban J connectivity index is 1.74. The number of amides is 2. The van der Waals surface area contributed by atoms with Crippen LogP contribution in [-0.2, 0) is 11.0 Å². The maximum Gasteiger partial charge on any atom is 0.416 e. The Hall–Kier alpha value is -2.94. The van der Waals surface area contributed by atoms with Gasteiger partial charge in [-0.25, -0.2) is 0 Å². The third-order valence-electron chi connectivity index (χ3n) is 6.19. The summed E-state index contributed by atoms with van der Waals surface area (Å²) in [5, 5.41) is 3.42. The number of nitrogens with two attached hydrogens (primary N) is 1. The van der Waals surface area contributed by atoms with Crippen molar-refractivity contribution in [3.63, 3.8) is 0 Å². The molecule has 2 fully saturated rings. The summed E-state index contributed by atoms with van der Waals surface area (Å²) in [6, 6.07) is 5.99. The molecule has 2 aliphatic rings. The molecule has 2 aliphatic heterocycles. The maximum absolute atomic E-state index is 13.3. The van der Waals surface area contributed by atoms with Crippen LogP contribution in [-0.4, -0.2) is 40.8 Å². The molecule has 2 saturated heterocycles. The summed E-state index contributed by atoms with van der Waals surface area (Å²) >= 11 is 0. The molecule has 0 unspecified atom stereocenters. The minimum atomic E-state index is -4.55. The van der Waals surface area contributed by atoms with Crippen molar-refractivity contribution in [3.05, 3.63) is 52.8 Å². The van der Waals surface area contributed by atoms with Gasteiger partial charge in [-0.05, 0) is 67.6 Å². The van der Waals surface area contributed by atoms with Crippen LogP contribution in [0.15, 0.2) is 30.3 Å². The van der Waals surface area contributed by atoms with Crippen molar-refractivity contribution in [3.8, 4) is 11.1 Å². The molecule has 0 bridgehead atoms. The molecule has 0 saturated carbocycles. The summed E-state index contributed by atoms with van der Waals surface area (Å²) < 4.78 is 39.9. The number of nitrogens with one attached hydrogen (secondary N) is 1. The predicted octanol–water partition coefficient (Wildman–Crippen LogP) is 3.20. The number of nitrogens with zero attached hydrogens (tertiary/aromatic N) is 2. The number of hydrogen-bond donors (Lipinski definition) is 2. The molecule has 6 nitrogen and oxygen atoms in total. The van der Waals surface area contributed by atoms with Crippen LogP contribution in [0.2, 0.25) is 0 Å². The molecular weight excluding hydrogens is 409 g/mol. The van der Waals surface area contributed by atoms with Crippen LogP contribution in [0.25, 0.3) is 11.1 Å². The second-order valence-corrected chi connectivity index (χ2v) is 8.34. The van der Waals surface area contributed by atoms with Gasteiger partial charge in [-0.3, -0.25) is 19.9 Å². The first-order valence-electron chi connectivity index (χ1n) is 10.0. The fraction of sp³-hybridized carbons (Fsp3) is 0.409. The molecule has 2 atom stereocenters. The van der Waals surface area contributed by atoms with Crippen LogP contribution >= 0.6 is 0 Å². The van der Waals surface area contributed by atoms with E-state index in [0.29, 0.717) is 42.8 Å². The maximum atomic E-state index is 13.3. The Morgan fingerprint density at radius 2 is 2.00 bits per heavy atom. The number of aromatic nitrogens is 1. The summed E-state index contributed by atoms with van der Waals surface area (Å²) in [5.74, 6) is -0.756. The Morgan fingerprint density at radius 1 is 1.26 bits per heavy atom. The number of halogens is 3. The average Bonchev–Trinajstić information content (AvgIpc) is 3.26. The monoisotopic (exact) mass is 432 g/mol.